The van der Waals surface area contributed by atoms with Gasteiger partial charge in [-0.15, -0.1) is 0 Å². The Morgan fingerprint density at radius 3 is 2.59 bits per heavy atom. The summed E-state index contributed by atoms with van der Waals surface area (Å²) in [6.07, 6.45) is 0. The zero-order valence-corrected chi connectivity index (χ0v) is 15.8. The average molecular weight is 373 g/mol. The summed E-state index contributed by atoms with van der Waals surface area (Å²) in [5, 5.41) is 13.7. The second kappa shape index (κ2) is 9.00. The molecule has 2 rings (SSSR count). The predicted molar refractivity (Wildman–Crippen MR) is 102 cm³/mol. The van der Waals surface area contributed by atoms with Crippen molar-refractivity contribution in [1.82, 2.24) is 4.90 Å². The van der Waals surface area contributed by atoms with Crippen molar-refractivity contribution in [1.29, 1.82) is 0 Å². The molecule has 2 aromatic carbocycles. The number of ether oxygens (including phenoxy) is 2. The number of nitro benzene ring substituents is 1. The molecule has 1 atom stereocenters. The average Bonchev–Trinajstić information content (AvgIpc) is 2.67. The van der Waals surface area contributed by atoms with Crippen molar-refractivity contribution < 1.29 is 19.2 Å². The molecule has 0 saturated carbocycles. The number of benzene rings is 2. The second-order valence-corrected chi connectivity index (χ2v) is 6.07. The van der Waals surface area contributed by atoms with Gasteiger partial charge in [0.25, 0.3) is 5.69 Å². The van der Waals surface area contributed by atoms with Crippen molar-refractivity contribution in [2.75, 3.05) is 26.6 Å². The van der Waals surface area contributed by atoms with E-state index < -0.39 is 11.0 Å². The van der Waals surface area contributed by atoms with Gasteiger partial charge in [-0.1, -0.05) is 12.1 Å². The van der Waals surface area contributed by atoms with E-state index in [0.29, 0.717) is 12.3 Å². The number of non-ortho nitro benzene ring substituents is 1. The Morgan fingerprint density at radius 1 is 1.22 bits per heavy atom. The molecule has 0 spiro atoms. The highest BCUT2D eigenvalue weighted by atomic mass is 16.6. The standard InChI is InChI=1S/C19H23N3O5/c1-13(21(2)12-14-6-5-7-16(10-14)26-3)19(23)20-17-11-15(22(24)25)8-9-18(17)27-4/h5-11,13H,12H2,1-4H3,(H,20,23)/t13-/m0/s1. The summed E-state index contributed by atoms with van der Waals surface area (Å²) < 4.78 is 10.4. The van der Waals surface area contributed by atoms with Crippen LogP contribution < -0.4 is 14.8 Å². The summed E-state index contributed by atoms with van der Waals surface area (Å²) in [6, 6.07) is 11.2. The molecule has 0 fully saturated rings. The van der Waals surface area contributed by atoms with Crippen molar-refractivity contribution in [2.24, 2.45) is 0 Å². The maximum Gasteiger partial charge on any atom is 0.271 e. The molecule has 144 valence electrons. The van der Waals surface area contributed by atoms with E-state index in [1.165, 1.54) is 25.3 Å². The highest BCUT2D eigenvalue weighted by Gasteiger charge is 2.21. The van der Waals surface area contributed by atoms with Crippen LogP contribution in [0, 0.1) is 10.1 Å². The van der Waals surface area contributed by atoms with Crippen molar-refractivity contribution >= 4 is 17.3 Å². The molecule has 0 radical (unpaired) electrons. The number of carbonyl (C=O) groups excluding carboxylic acids is 1. The number of hydrogen-bond donors (Lipinski definition) is 1. The quantitative estimate of drug-likeness (QED) is 0.564. The molecule has 0 aliphatic rings. The number of carbonyl (C=O) groups is 1. The molecule has 0 bridgehead atoms. The van der Waals surface area contributed by atoms with Gasteiger partial charge in [-0.3, -0.25) is 19.8 Å². The normalized spacial score (nSPS) is 11.7. The molecule has 0 aliphatic carbocycles. The Bertz CT molecular complexity index is 825. The van der Waals surface area contributed by atoms with Gasteiger partial charge >= 0.3 is 0 Å². The Labute approximate surface area is 157 Å². The van der Waals surface area contributed by atoms with Crippen LogP contribution in [-0.4, -0.2) is 43.0 Å². The zero-order chi connectivity index (χ0) is 20.0. The number of nitro groups is 1. The van der Waals surface area contributed by atoms with E-state index in [-0.39, 0.29) is 17.3 Å². The predicted octanol–water partition coefficient (Wildman–Crippen LogP) is 3.07. The van der Waals surface area contributed by atoms with Crippen LogP contribution in [0.4, 0.5) is 11.4 Å². The van der Waals surface area contributed by atoms with Gasteiger partial charge in [0.1, 0.15) is 11.5 Å². The molecule has 1 N–H and O–H groups in total. The zero-order valence-electron chi connectivity index (χ0n) is 15.8. The van der Waals surface area contributed by atoms with Crippen LogP contribution in [-0.2, 0) is 11.3 Å². The van der Waals surface area contributed by atoms with E-state index in [9.17, 15) is 14.9 Å². The third-order valence-corrected chi connectivity index (χ3v) is 4.26. The first-order valence-electron chi connectivity index (χ1n) is 8.32. The minimum Gasteiger partial charge on any atom is -0.497 e. The Balaban J connectivity index is 2.10. The van der Waals surface area contributed by atoms with Gasteiger partial charge in [0.15, 0.2) is 0 Å². The van der Waals surface area contributed by atoms with Crippen molar-refractivity contribution in [2.45, 2.75) is 19.5 Å². The maximum atomic E-state index is 12.6. The van der Waals surface area contributed by atoms with E-state index in [4.69, 9.17) is 9.47 Å². The molecule has 0 aromatic heterocycles. The molecule has 0 saturated heterocycles. The fraction of sp³-hybridized carbons (Fsp3) is 0.316. The largest absolute Gasteiger partial charge is 0.497 e. The molecular weight excluding hydrogens is 350 g/mol. The lowest BCUT2D eigenvalue weighted by molar-refractivity contribution is -0.384. The van der Waals surface area contributed by atoms with Gasteiger partial charge in [-0.25, -0.2) is 0 Å². The van der Waals surface area contributed by atoms with Crippen LogP contribution in [0.15, 0.2) is 42.5 Å². The number of nitrogens with zero attached hydrogens (tertiary/aromatic N) is 2. The summed E-state index contributed by atoms with van der Waals surface area (Å²) in [5.74, 6) is 0.815. The first kappa shape index (κ1) is 20.2. The summed E-state index contributed by atoms with van der Waals surface area (Å²) in [6.45, 7) is 2.30. The van der Waals surface area contributed by atoms with E-state index in [1.807, 2.05) is 36.2 Å². The lowest BCUT2D eigenvalue weighted by Gasteiger charge is -2.24. The van der Waals surface area contributed by atoms with Crippen molar-refractivity contribution in [3.8, 4) is 11.5 Å². The lowest BCUT2D eigenvalue weighted by atomic mass is 10.1. The van der Waals surface area contributed by atoms with Crippen LogP contribution >= 0.6 is 0 Å². The summed E-state index contributed by atoms with van der Waals surface area (Å²) >= 11 is 0. The van der Waals surface area contributed by atoms with Gasteiger partial charge in [0, 0.05) is 18.7 Å². The van der Waals surface area contributed by atoms with Crippen molar-refractivity contribution in [3.05, 3.63) is 58.1 Å². The Morgan fingerprint density at radius 2 is 1.96 bits per heavy atom. The van der Waals surface area contributed by atoms with Crippen LogP contribution in [0.5, 0.6) is 11.5 Å². The number of amides is 1. The first-order chi connectivity index (χ1) is 12.8. The lowest BCUT2D eigenvalue weighted by Crippen LogP contribution is -2.39. The SMILES string of the molecule is COc1cccc(CN(C)[C@@H](C)C(=O)Nc2cc([N+](=O)[O-])ccc2OC)c1. The number of likely N-dealkylation sites (N-methyl/N-ethyl adjacent to an activating group) is 1. The van der Waals surface area contributed by atoms with Gasteiger partial charge in [0.2, 0.25) is 5.91 Å². The van der Waals surface area contributed by atoms with E-state index >= 15 is 0 Å². The molecule has 0 aliphatic heterocycles. The van der Waals surface area contributed by atoms with Gasteiger partial charge in [0.05, 0.1) is 30.9 Å². The second-order valence-electron chi connectivity index (χ2n) is 6.07. The molecule has 0 unspecified atom stereocenters. The highest BCUT2D eigenvalue weighted by Crippen LogP contribution is 2.29. The third-order valence-electron chi connectivity index (χ3n) is 4.26. The minimum absolute atomic E-state index is 0.122. The topological polar surface area (TPSA) is 93.9 Å². The van der Waals surface area contributed by atoms with E-state index in [2.05, 4.69) is 5.32 Å². The summed E-state index contributed by atoms with van der Waals surface area (Å²) in [5.41, 5.74) is 1.14. The van der Waals surface area contributed by atoms with E-state index in [0.717, 1.165) is 11.3 Å². The van der Waals surface area contributed by atoms with Crippen LogP contribution in [0.3, 0.4) is 0 Å². The Kier molecular flexibility index (Phi) is 6.73. The smallest absolute Gasteiger partial charge is 0.271 e. The van der Waals surface area contributed by atoms with Crippen LogP contribution in [0.25, 0.3) is 0 Å². The number of hydrogen-bond acceptors (Lipinski definition) is 6. The van der Waals surface area contributed by atoms with Gasteiger partial charge in [-0.05, 0) is 37.7 Å². The number of nitrogens with one attached hydrogen (secondary N) is 1. The van der Waals surface area contributed by atoms with Crippen LogP contribution in [0.1, 0.15) is 12.5 Å². The van der Waals surface area contributed by atoms with Crippen molar-refractivity contribution in [3.63, 3.8) is 0 Å². The summed E-state index contributed by atoms with van der Waals surface area (Å²) in [4.78, 5) is 24.9. The summed E-state index contributed by atoms with van der Waals surface area (Å²) in [7, 11) is 4.87. The third kappa shape index (κ3) is 5.18. The van der Waals surface area contributed by atoms with E-state index in [1.54, 1.807) is 14.0 Å². The number of anilines is 1. The van der Waals surface area contributed by atoms with Crippen LogP contribution in [0.2, 0.25) is 0 Å². The molecule has 8 heteroatoms. The fourth-order valence-corrected chi connectivity index (χ4v) is 2.54. The molecular formula is C19H23N3O5. The minimum atomic E-state index is -0.520. The van der Waals surface area contributed by atoms with Gasteiger partial charge < -0.3 is 14.8 Å². The molecule has 1 amide bonds. The number of rotatable bonds is 8. The van der Waals surface area contributed by atoms with Gasteiger partial charge in [-0.2, -0.15) is 0 Å². The Hall–Kier alpha value is -3.13. The maximum absolute atomic E-state index is 12.6. The molecule has 0 heterocycles. The highest BCUT2D eigenvalue weighted by molar-refractivity contribution is 5.96. The molecule has 8 nitrogen and oxygen atoms in total. The first-order valence-corrected chi connectivity index (χ1v) is 8.32. The fourth-order valence-electron chi connectivity index (χ4n) is 2.54. The monoisotopic (exact) mass is 373 g/mol. The molecule has 2 aromatic rings. The molecule has 27 heavy (non-hydrogen) atoms. The number of methoxy groups -OCH3 is 2.